The van der Waals surface area contributed by atoms with E-state index in [1.807, 2.05) is 0 Å². The molecule has 0 spiro atoms. The topological polar surface area (TPSA) is 67.5 Å². The molecule has 4 nitrogen and oxygen atoms in total. The number of hydrogen-bond acceptors (Lipinski definition) is 4. The molecule has 66 valence electrons. The summed E-state index contributed by atoms with van der Waals surface area (Å²) in [5, 5.41) is 12.1. The van der Waals surface area contributed by atoms with Crippen LogP contribution in [0.5, 0.6) is 0 Å². The first kappa shape index (κ1) is 8.93. The summed E-state index contributed by atoms with van der Waals surface area (Å²) < 4.78 is 5.03. The average molecular weight is 160 g/mol. The van der Waals surface area contributed by atoms with Crippen LogP contribution in [0.4, 0.5) is 0 Å². The van der Waals surface area contributed by atoms with Crippen LogP contribution in [0.3, 0.4) is 0 Å². The average Bonchev–Trinajstić information content (AvgIpc) is 1.95. The van der Waals surface area contributed by atoms with Gasteiger partial charge in [-0.25, -0.2) is 0 Å². The van der Waals surface area contributed by atoms with Crippen molar-refractivity contribution in [2.24, 2.45) is 11.1 Å². The highest BCUT2D eigenvalue weighted by atomic mass is 16.5. The molecule has 1 fully saturated rings. The predicted molar refractivity (Wildman–Crippen MR) is 42.3 cm³/mol. The number of aliphatic hydroxyl groups excluding tert-OH is 1. The van der Waals surface area contributed by atoms with Crippen molar-refractivity contribution >= 4 is 0 Å². The Morgan fingerprint density at radius 3 is 2.64 bits per heavy atom. The van der Waals surface area contributed by atoms with Crippen molar-refractivity contribution in [2.45, 2.75) is 0 Å². The molecule has 4 heteroatoms. The summed E-state index contributed by atoms with van der Waals surface area (Å²) in [5.74, 6) is 0. The first-order chi connectivity index (χ1) is 5.33. The molecule has 0 saturated carbocycles. The first-order valence-corrected chi connectivity index (χ1v) is 3.92. The van der Waals surface area contributed by atoms with Gasteiger partial charge in [0.25, 0.3) is 0 Å². The molecule has 0 unspecified atom stereocenters. The van der Waals surface area contributed by atoms with Crippen LogP contribution in [-0.2, 0) is 4.74 Å². The zero-order chi connectivity index (χ0) is 8.16. The van der Waals surface area contributed by atoms with E-state index in [1.54, 1.807) is 0 Å². The summed E-state index contributed by atoms with van der Waals surface area (Å²) >= 11 is 0. The van der Waals surface area contributed by atoms with E-state index in [0.717, 1.165) is 13.1 Å². The molecular formula is C7H16N2O2. The molecule has 1 rings (SSSR count). The zero-order valence-corrected chi connectivity index (χ0v) is 6.68. The highest BCUT2D eigenvalue weighted by Gasteiger charge is 2.37. The first-order valence-electron chi connectivity index (χ1n) is 3.92. The maximum atomic E-state index is 8.98. The Balaban J connectivity index is 2.11. The summed E-state index contributed by atoms with van der Waals surface area (Å²) in [6.45, 7) is 3.79. The molecule has 4 N–H and O–H groups in total. The maximum Gasteiger partial charge on any atom is 0.0579 e. The van der Waals surface area contributed by atoms with E-state index in [-0.39, 0.29) is 12.0 Å². The second-order valence-electron chi connectivity index (χ2n) is 3.12. The second kappa shape index (κ2) is 4.01. The smallest absolute Gasteiger partial charge is 0.0579 e. The van der Waals surface area contributed by atoms with Gasteiger partial charge in [-0.15, -0.1) is 0 Å². The van der Waals surface area contributed by atoms with Crippen molar-refractivity contribution in [2.75, 3.05) is 39.5 Å². The van der Waals surface area contributed by atoms with Gasteiger partial charge in [-0.3, -0.25) is 0 Å². The Morgan fingerprint density at radius 2 is 2.27 bits per heavy atom. The minimum Gasteiger partial charge on any atom is -0.396 e. The van der Waals surface area contributed by atoms with Gasteiger partial charge in [-0.1, -0.05) is 0 Å². The van der Waals surface area contributed by atoms with E-state index < -0.39 is 0 Å². The quantitative estimate of drug-likeness (QED) is 0.430. The van der Waals surface area contributed by atoms with Crippen molar-refractivity contribution < 1.29 is 9.84 Å². The lowest BCUT2D eigenvalue weighted by atomic mass is 9.87. The van der Waals surface area contributed by atoms with Crippen LogP contribution in [-0.4, -0.2) is 44.6 Å². The molecule has 0 aromatic rings. The van der Waals surface area contributed by atoms with Gasteiger partial charge < -0.3 is 20.9 Å². The van der Waals surface area contributed by atoms with Crippen molar-refractivity contribution in [1.29, 1.82) is 0 Å². The lowest BCUT2D eigenvalue weighted by molar-refractivity contribution is -0.134. The second-order valence-corrected chi connectivity index (χ2v) is 3.12. The fraction of sp³-hybridized carbons (Fsp3) is 1.00. The molecular weight excluding hydrogens is 144 g/mol. The van der Waals surface area contributed by atoms with Gasteiger partial charge in [0.2, 0.25) is 0 Å². The largest absolute Gasteiger partial charge is 0.396 e. The molecule has 11 heavy (non-hydrogen) atoms. The molecule has 0 radical (unpaired) electrons. The van der Waals surface area contributed by atoms with Crippen molar-refractivity contribution in [1.82, 2.24) is 5.32 Å². The lowest BCUT2D eigenvalue weighted by Gasteiger charge is -2.39. The Bertz CT molecular complexity index is 109. The van der Waals surface area contributed by atoms with Gasteiger partial charge in [0.05, 0.1) is 25.2 Å². The zero-order valence-electron chi connectivity index (χ0n) is 6.68. The molecule has 0 atom stereocenters. The van der Waals surface area contributed by atoms with Crippen LogP contribution < -0.4 is 11.1 Å². The number of ether oxygens (including phenoxy) is 1. The van der Waals surface area contributed by atoms with E-state index in [0.29, 0.717) is 19.8 Å². The van der Waals surface area contributed by atoms with Gasteiger partial charge in [0, 0.05) is 19.6 Å². The SMILES string of the molecule is NCCNCC1(CO)COC1. The minimum absolute atomic E-state index is 0.0187. The van der Waals surface area contributed by atoms with E-state index in [4.69, 9.17) is 15.6 Å². The lowest BCUT2D eigenvalue weighted by Crippen LogP contribution is -2.52. The van der Waals surface area contributed by atoms with Crippen LogP contribution in [0.15, 0.2) is 0 Å². The summed E-state index contributed by atoms with van der Waals surface area (Å²) in [7, 11) is 0. The van der Waals surface area contributed by atoms with Gasteiger partial charge >= 0.3 is 0 Å². The van der Waals surface area contributed by atoms with Gasteiger partial charge in [-0.05, 0) is 0 Å². The van der Waals surface area contributed by atoms with Crippen molar-refractivity contribution in [3.63, 3.8) is 0 Å². The number of nitrogens with two attached hydrogens (primary N) is 1. The molecule has 0 aromatic heterocycles. The summed E-state index contributed by atoms with van der Waals surface area (Å²) in [6.07, 6.45) is 0. The molecule has 1 aliphatic rings. The number of nitrogens with one attached hydrogen (secondary N) is 1. The van der Waals surface area contributed by atoms with Gasteiger partial charge in [-0.2, -0.15) is 0 Å². The molecule has 1 heterocycles. The third kappa shape index (κ3) is 2.13. The fourth-order valence-electron chi connectivity index (χ4n) is 1.10. The normalized spacial score (nSPS) is 21.3. The van der Waals surface area contributed by atoms with E-state index in [9.17, 15) is 0 Å². The predicted octanol–water partition coefficient (Wildman–Crippen LogP) is -1.46. The molecule has 0 aromatic carbocycles. The summed E-state index contributed by atoms with van der Waals surface area (Å²) in [6, 6.07) is 0. The van der Waals surface area contributed by atoms with E-state index >= 15 is 0 Å². The van der Waals surface area contributed by atoms with Crippen LogP contribution in [0.25, 0.3) is 0 Å². The number of hydrogen-bond donors (Lipinski definition) is 3. The minimum atomic E-state index is -0.0187. The Morgan fingerprint density at radius 1 is 1.55 bits per heavy atom. The highest BCUT2D eigenvalue weighted by molar-refractivity contribution is 4.86. The number of rotatable bonds is 5. The van der Waals surface area contributed by atoms with Crippen LogP contribution in [0.1, 0.15) is 0 Å². The van der Waals surface area contributed by atoms with Crippen molar-refractivity contribution in [3.8, 4) is 0 Å². The highest BCUT2D eigenvalue weighted by Crippen LogP contribution is 2.25. The van der Waals surface area contributed by atoms with E-state index in [2.05, 4.69) is 5.32 Å². The van der Waals surface area contributed by atoms with Gasteiger partial charge in [0.15, 0.2) is 0 Å². The molecule has 1 saturated heterocycles. The summed E-state index contributed by atoms with van der Waals surface area (Å²) in [4.78, 5) is 0. The Kier molecular flexibility index (Phi) is 3.26. The van der Waals surface area contributed by atoms with Crippen LogP contribution >= 0.6 is 0 Å². The van der Waals surface area contributed by atoms with E-state index in [1.165, 1.54) is 0 Å². The van der Waals surface area contributed by atoms with Crippen LogP contribution in [0, 0.1) is 5.41 Å². The maximum absolute atomic E-state index is 8.98. The Labute approximate surface area is 66.7 Å². The molecule has 0 amide bonds. The molecule has 0 bridgehead atoms. The van der Waals surface area contributed by atoms with Gasteiger partial charge in [0.1, 0.15) is 0 Å². The fourth-order valence-corrected chi connectivity index (χ4v) is 1.10. The number of aliphatic hydroxyl groups is 1. The molecule has 0 aliphatic carbocycles. The van der Waals surface area contributed by atoms with Crippen LogP contribution in [0.2, 0.25) is 0 Å². The third-order valence-electron chi connectivity index (χ3n) is 1.97. The Hall–Kier alpha value is -0.160. The third-order valence-corrected chi connectivity index (χ3v) is 1.97. The summed E-state index contributed by atoms with van der Waals surface area (Å²) in [5.41, 5.74) is 5.28. The van der Waals surface area contributed by atoms with Crippen molar-refractivity contribution in [3.05, 3.63) is 0 Å². The molecule has 1 aliphatic heterocycles. The monoisotopic (exact) mass is 160 g/mol. The standard InChI is InChI=1S/C7H16N2O2/c8-1-2-9-3-7(4-10)5-11-6-7/h9-10H,1-6,8H2.